The van der Waals surface area contributed by atoms with E-state index in [-0.39, 0.29) is 5.56 Å². The van der Waals surface area contributed by atoms with E-state index in [2.05, 4.69) is 41.5 Å². The second kappa shape index (κ2) is 6.53. The lowest BCUT2D eigenvalue weighted by Gasteiger charge is -2.42. The van der Waals surface area contributed by atoms with E-state index in [1.807, 2.05) is 0 Å². The summed E-state index contributed by atoms with van der Waals surface area (Å²) in [6, 6.07) is 4.51. The summed E-state index contributed by atoms with van der Waals surface area (Å²) in [5, 5.41) is 0. The molecule has 2 nitrogen and oxygen atoms in total. The zero-order valence-electron chi connectivity index (χ0n) is 13.2. The molecule has 0 atom stereocenters. The van der Waals surface area contributed by atoms with E-state index in [0.29, 0.717) is 28.7 Å². The predicted molar refractivity (Wildman–Crippen MR) is 83.5 cm³/mol. The molecule has 0 unspecified atom stereocenters. The summed E-state index contributed by atoms with van der Waals surface area (Å²) in [7, 11) is -2.07. The Hall–Kier alpha value is -1.16. The first-order valence-electron chi connectivity index (χ1n) is 7.19. The highest BCUT2D eigenvalue weighted by Gasteiger charge is 2.47. The van der Waals surface area contributed by atoms with Gasteiger partial charge in [0.05, 0.1) is 5.56 Å². The van der Waals surface area contributed by atoms with Crippen LogP contribution in [0.2, 0.25) is 16.6 Å². The van der Waals surface area contributed by atoms with Gasteiger partial charge in [0.1, 0.15) is 11.6 Å². The van der Waals surface area contributed by atoms with Crippen LogP contribution in [-0.4, -0.2) is 14.6 Å². The molecule has 0 heterocycles. The van der Waals surface area contributed by atoms with Gasteiger partial charge in [-0.2, -0.15) is 0 Å². The Bertz CT molecular complexity index is 448. The summed E-state index contributed by atoms with van der Waals surface area (Å²) < 4.78 is 20.1. The van der Waals surface area contributed by atoms with E-state index in [0.717, 1.165) is 0 Å². The molecule has 0 saturated heterocycles. The maximum Gasteiger partial charge on any atom is 0.258 e. The number of rotatable bonds is 6. The molecular formula is C16H25FO2Si. The molecule has 0 radical (unpaired) electrons. The predicted octanol–water partition coefficient (Wildman–Crippen LogP) is 5.19. The fourth-order valence-corrected chi connectivity index (χ4v) is 8.47. The van der Waals surface area contributed by atoms with Gasteiger partial charge in [-0.3, -0.25) is 4.79 Å². The van der Waals surface area contributed by atoms with E-state index < -0.39 is 14.1 Å². The van der Waals surface area contributed by atoms with Crippen LogP contribution in [0.4, 0.5) is 4.39 Å². The van der Waals surface area contributed by atoms with Crippen LogP contribution in [0.5, 0.6) is 5.75 Å². The van der Waals surface area contributed by atoms with Crippen LogP contribution in [0.1, 0.15) is 51.9 Å². The number of carbonyl (C=O) groups excluding carboxylic acids is 1. The molecule has 112 valence electrons. The van der Waals surface area contributed by atoms with Crippen molar-refractivity contribution >= 4 is 14.6 Å². The maximum atomic E-state index is 13.7. The second-order valence-electron chi connectivity index (χ2n) is 6.22. The SMILES string of the molecule is CC(C)[Si](Oc1ccc(C=O)c(F)c1)(C(C)C)C(C)C. The van der Waals surface area contributed by atoms with Crippen molar-refractivity contribution in [2.45, 2.75) is 58.2 Å². The molecule has 0 spiro atoms. The molecule has 0 aliphatic rings. The van der Waals surface area contributed by atoms with Crippen molar-refractivity contribution in [1.29, 1.82) is 0 Å². The second-order valence-corrected chi connectivity index (χ2v) is 11.6. The van der Waals surface area contributed by atoms with E-state index in [1.165, 1.54) is 12.1 Å². The van der Waals surface area contributed by atoms with Crippen molar-refractivity contribution in [2.24, 2.45) is 0 Å². The van der Waals surface area contributed by atoms with Crippen LogP contribution < -0.4 is 4.43 Å². The Morgan fingerprint density at radius 2 is 1.55 bits per heavy atom. The molecule has 1 aromatic carbocycles. The van der Waals surface area contributed by atoms with Crippen LogP contribution in [0, 0.1) is 5.82 Å². The molecule has 0 aliphatic heterocycles. The first kappa shape index (κ1) is 16.9. The monoisotopic (exact) mass is 296 g/mol. The highest BCUT2D eigenvalue weighted by Crippen LogP contribution is 2.42. The molecule has 1 rings (SSSR count). The number of benzene rings is 1. The first-order chi connectivity index (χ1) is 9.25. The van der Waals surface area contributed by atoms with Gasteiger partial charge < -0.3 is 4.43 Å². The number of hydrogen-bond acceptors (Lipinski definition) is 2. The summed E-state index contributed by atoms with van der Waals surface area (Å²) in [4.78, 5) is 10.7. The third kappa shape index (κ3) is 3.11. The minimum absolute atomic E-state index is 0.0725. The molecule has 0 N–H and O–H groups in total. The number of halogens is 1. The molecule has 0 bridgehead atoms. The lowest BCUT2D eigenvalue weighted by Crippen LogP contribution is -2.50. The largest absolute Gasteiger partial charge is 0.543 e. The van der Waals surface area contributed by atoms with Crippen molar-refractivity contribution in [1.82, 2.24) is 0 Å². The third-order valence-electron chi connectivity index (χ3n) is 4.10. The summed E-state index contributed by atoms with van der Waals surface area (Å²) >= 11 is 0. The molecule has 4 heteroatoms. The number of aldehydes is 1. The lowest BCUT2D eigenvalue weighted by molar-refractivity contribution is 0.112. The quantitative estimate of drug-likeness (QED) is 0.533. The maximum absolute atomic E-state index is 13.7. The van der Waals surface area contributed by atoms with Crippen LogP contribution in [0.3, 0.4) is 0 Å². The molecule has 0 aromatic heterocycles. The van der Waals surface area contributed by atoms with E-state index >= 15 is 0 Å². The summed E-state index contributed by atoms with van der Waals surface area (Å²) in [6.45, 7) is 13.1. The number of carbonyl (C=O) groups is 1. The molecule has 0 saturated carbocycles. The van der Waals surface area contributed by atoms with E-state index in [1.54, 1.807) is 6.07 Å². The van der Waals surface area contributed by atoms with E-state index in [9.17, 15) is 9.18 Å². The summed E-state index contributed by atoms with van der Waals surface area (Å²) in [6.07, 6.45) is 0.525. The van der Waals surface area contributed by atoms with Crippen molar-refractivity contribution in [3.05, 3.63) is 29.6 Å². The molecule has 0 amide bonds. The standard InChI is InChI=1S/C16H25FO2Si/c1-11(2)20(12(3)4,13(5)6)19-15-8-7-14(10-18)16(17)9-15/h7-13H,1-6H3. The van der Waals surface area contributed by atoms with Gasteiger partial charge >= 0.3 is 0 Å². The van der Waals surface area contributed by atoms with Crippen LogP contribution >= 0.6 is 0 Å². The topological polar surface area (TPSA) is 26.3 Å². The Kier molecular flexibility index (Phi) is 5.51. The first-order valence-corrected chi connectivity index (χ1v) is 9.33. The van der Waals surface area contributed by atoms with Gasteiger partial charge in [-0.1, -0.05) is 41.5 Å². The summed E-state index contributed by atoms with van der Waals surface area (Å²) in [5.41, 5.74) is 1.35. The minimum Gasteiger partial charge on any atom is -0.543 e. The minimum atomic E-state index is -2.07. The van der Waals surface area contributed by atoms with Gasteiger partial charge in [-0.25, -0.2) is 4.39 Å². The normalized spacial score (nSPS) is 12.3. The van der Waals surface area contributed by atoms with Gasteiger partial charge in [-0.05, 0) is 28.8 Å². The van der Waals surface area contributed by atoms with Gasteiger partial charge in [0.2, 0.25) is 0 Å². The zero-order valence-corrected chi connectivity index (χ0v) is 14.2. The van der Waals surface area contributed by atoms with Crippen molar-refractivity contribution in [3.63, 3.8) is 0 Å². The fourth-order valence-electron chi connectivity index (χ4n) is 3.22. The number of hydrogen-bond donors (Lipinski definition) is 0. The Morgan fingerprint density at radius 3 is 1.90 bits per heavy atom. The van der Waals surface area contributed by atoms with E-state index in [4.69, 9.17) is 4.43 Å². The van der Waals surface area contributed by atoms with Crippen molar-refractivity contribution < 1.29 is 13.6 Å². The smallest absolute Gasteiger partial charge is 0.258 e. The molecule has 20 heavy (non-hydrogen) atoms. The molecular weight excluding hydrogens is 271 g/mol. The van der Waals surface area contributed by atoms with Crippen molar-refractivity contribution in [2.75, 3.05) is 0 Å². The fraction of sp³-hybridized carbons (Fsp3) is 0.562. The average molecular weight is 296 g/mol. The van der Waals surface area contributed by atoms with Gasteiger partial charge in [0.25, 0.3) is 8.32 Å². The Morgan fingerprint density at radius 1 is 1.05 bits per heavy atom. The van der Waals surface area contributed by atoms with Gasteiger partial charge in [-0.15, -0.1) is 0 Å². The van der Waals surface area contributed by atoms with Crippen molar-refractivity contribution in [3.8, 4) is 5.75 Å². The van der Waals surface area contributed by atoms with Gasteiger partial charge in [0.15, 0.2) is 6.29 Å². The molecule has 1 aromatic rings. The zero-order chi connectivity index (χ0) is 15.5. The highest BCUT2D eigenvalue weighted by molar-refractivity contribution is 6.78. The highest BCUT2D eigenvalue weighted by atomic mass is 28.4. The Balaban J connectivity index is 3.19. The lowest BCUT2D eigenvalue weighted by atomic mass is 10.2. The molecule has 0 aliphatic carbocycles. The van der Waals surface area contributed by atoms with Gasteiger partial charge in [0, 0.05) is 6.07 Å². The van der Waals surface area contributed by atoms with Crippen LogP contribution in [-0.2, 0) is 0 Å². The molecule has 0 fully saturated rings. The van der Waals surface area contributed by atoms with Crippen LogP contribution in [0.15, 0.2) is 18.2 Å². The summed E-state index contributed by atoms with van der Waals surface area (Å²) in [5.74, 6) is 0.0209. The Labute approximate surface area is 122 Å². The third-order valence-corrected chi connectivity index (χ3v) is 10.1. The average Bonchev–Trinajstić information content (AvgIpc) is 2.34. The van der Waals surface area contributed by atoms with Crippen LogP contribution in [0.25, 0.3) is 0 Å².